The van der Waals surface area contributed by atoms with Gasteiger partial charge in [0.15, 0.2) is 0 Å². The van der Waals surface area contributed by atoms with Crippen LogP contribution in [0.3, 0.4) is 0 Å². The normalized spacial score (nSPS) is 30.9. The molecule has 2 atom stereocenters. The first-order chi connectivity index (χ1) is 6.30. The molecule has 1 heterocycles. The van der Waals surface area contributed by atoms with E-state index in [2.05, 4.69) is 83.2 Å². The molecule has 0 aromatic rings. The quantitative estimate of drug-likeness (QED) is 0.703. The van der Waals surface area contributed by atoms with E-state index in [0.717, 1.165) is 0 Å². The molecule has 1 saturated heterocycles. The van der Waals surface area contributed by atoms with E-state index < -0.39 is 0 Å². The zero-order valence-corrected chi connectivity index (χ0v) is 12.3. The summed E-state index contributed by atoms with van der Waals surface area (Å²) in [6.45, 7) is 11.3. The van der Waals surface area contributed by atoms with Gasteiger partial charge in [-0.3, -0.25) is 0 Å². The van der Waals surface area contributed by atoms with Crippen molar-refractivity contribution in [1.82, 2.24) is 9.80 Å². The van der Waals surface area contributed by atoms with Gasteiger partial charge in [-0.2, -0.15) is 0 Å². The van der Waals surface area contributed by atoms with Gasteiger partial charge in [0, 0.05) is 0 Å². The van der Waals surface area contributed by atoms with Gasteiger partial charge in [0.2, 0.25) is 0 Å². The van der Waals surface area contributed by atoms with Gasteiger partial charge in [-0.1, -0.05) is 0 Å². The molecule has 0 saturated carbocycles. The van der Waals surface area contributed by atoms with Crippen molar-refractivity contribution in [3.63, 3.8) is 0 Å². The standard InChI is InChI=1S/C10H18N2.2V/c1-8-9(2)12(7-11(8)6)10(3,4)5;;/h6,8-9H,1-5H3;;. The van der Waals surface area contributed by atoms with Gasteiger partial charge in [-0.05, 0) is 0 Å². The molecule has 1 fully saturated rings. The van der Waals surface area contributed by atoms with Crippen molar-refractivity contribution in [2.45, 2.75) is 52.2 Å². The zero-order valence-electron chi connectivity index (χ0n) is 9.52. The van der Waals surface area contributed by atoms with Crippen LogP contribution in [0.25, 0.3) is 0 Å². The molecular formula is C10H18N2V2. The molecular weight excluding hydrogens is 250 g/mol. The fourth-order valence-electron chi connectivity index (χ4n) is 2.00. The summed E-state index contributed by atoms with van der Waals surface area (Å²) in [6, 6.07) is 1.11. The molecule has 0 N–H and O–H groups in total. The Morgan fingerprint density at radius 1 is 1.21 bits per heavy atom. The summed E-state index contributed by atoms with van der Waals surface area (Å²) in [7, 11) is 0. The van der Waals surface area contributed by atoms with E-state index in [9.17, 15) is 0 Å². The van der Waals surface area contributed by atoms with Gasteiger partial charge < -0.3 is 0 Å². The molecule has 2 nitrogen and oxygen atoms in total. The third-order valence-electron chi connectivity index (χ3n) is 2.84. The van der Waals surface area contributed by atoms with Crippen LogP contribution in [0.15, 0.2) is 0 Å². The van der Waals surface area contributed by atoms with Gasteiger partial charge in [0.1, 0.15) is 0 Å². The van der Waals surface area contributed by atoms with Crippen molar-refractivity contribution in [1.29, 1.82) is 0 Å². The molecule has 0 spiro atoms. The van der Waals surface area contributed by atoms with Gasteiger partial charge in [0.25, 0.3) is 0 Å². The van der Waals surface area contributed by atoms with Crippen LogP contribution in [0, 0.1) is 0 Å². The van der Waals surface area contributed by atoms with E-state index in [-0.39, 0.29) is 5.54 Å². The molecule has 2 unspecified atom stereocenters. The van der Waals surface area contributed by atoms with Crippen LogP contribution in [-0.4, -0.2) is 36.7 Å². The van der Waals surface area contributed by atoms with E-state index in [1.165, 1.54) is 4.47 Å². The minimum atomic E-state index is 0.195. The molecule has 14 heavy (non-hydrogen) atoms. The van der Waals surface area contributed by atoms with Crippen LogP contribution in [0.5, 0.6) is 0 Å². The van der Waals surface area contributed by atoms with Crippen LogP contribution >= 0.6 is 0 Å². The van der Waals surface area contributed by atoms with Crippen LogP contribution in [0.1, 0.15) is 34.6 Å². The first kappa shape index (κ1) is 12.9. The molecule has 0 amide bonds. The van der Waals surface area contributed by atoms with Crippen LogP contribution in [0.2, 0.25) is 0 Å². The number of nitrogens with zero attached hydrogens (tertiary/aromatic N) is 2. The van der Waals surface area contributed by atoms with Crippen LogP contribution in [-0.2, 0) is 34.0 Å². The molecule has 1 rings (SSSR count). The summed E-state index contributed by atoms with van der Waals surface area (Å²) < 4.78 is 1.30. The molecule has 78 valence electrons. The number of hydrogen-bond donors (Lipinski definition) is 0. The van der Waals surface area contributed by atoms with Crippen molar-refractivity contribution in [2.75, 3.05) is 0 Å². The van der Waals surface area contributed by atoms with Crippen molar-refractivity contribution in [3.8, 4) is 0 Å². The van der Waals surface area contributed by atoms with E-state index in [0.29, 0.717) is 12.1 Å². The minimum absolute atomic E-state index is 0.195. The second-order valence-corrected chi connectivity index (χ2v) is 5.83. The predicted molar refractivity (Wildman–Crippen MR) is 53.4 cm³/mol. The Balaban J connectivity index is 3.01. The molecule has 0 radical (unpaired) electrons. The third-order valence-corrected chi connectivity index (χ3v) is 3.92. The summed E-state index contributed by atoms with van der Waals surface area (Å²) in [5.74, 6) is 0. The Kier molecular flexibility index (Phi) is 4.02. The monoisotopic (exact) mass is 268 g/mol. The van der Waals surface area contributed by atoms with Gasteiger partial charge >= 0.3 is 105 Å². The van der Waals surface area contributed by atoms with E-state index in [1.54, 1.807) is 0 Å². The summed E-state index contributed by atoms with van der Waals surface area (Å²) in [5.41, 5.74) is 0.195. The second-order valence-electron chi connectivity index (χ2n) is 4.84. The fraction of sp³-hybridized carbons (Fsp3) is 0.800. The van der Waals surface area contributed by atoms with E-state index >= 15 is 0 Å². The summed E-state index contributed by atoms with van der Waals surface area (Å²) in [6.07, 6.45) is 0. The van der Waals surface area contributed by atoms with Crippen molar-refractivity contribution in [2.24, 2.45) is 0 Å². The van der Waals surface area contributed by atoms with E-state index in [1.807, 2.05) is 0 Å². The zero-order chi connectivity index (χ0) is 11.1. The topological polar surface area (TPSA) is 6.48 Å². The van der Waals surface area contributed by atoms with Crippen LogP contribution < -0.4 is 0 Å². The molecule has 1 aliphatic rings. The Bertz CT molecular complexity index is 257. The Morgan fingerprint density at radius 2 is 1.71 bits per heavy atom. The molecule has 4 heteroatoms. The molecule has 0 aliphatic carbocycles. The second kappa shape index (κ2) is 4.37. The first-order valence-corrected chi connectivity index (χ1v) is 6.42. The summed E-state index contributed by atoms with van der Waals surface area (Å²) >= 11 is 5.23. The maximum absolute atomic E-state index is 2.69. The van der Waals surface area contributed by atoms with Crippen molar-refractivity contribution >= 4 is 9.33 Å². The number of hydrogen-bond acceptors (Lipinski definition) is 2. The first-order valence-electron chi connectivity index (χ1n) is 4.92. The SMILES string of the molecule is CC1C(C)N(C(C)(C)C)[C](=[V])N1[CH]=[V]. The van der Waals surface area contributed by atoms with Crippen molar-refractivity contribution in [3.05, 3.63) is 0 Å². The average Bonchev–Trinajstić information content (AvgIpc) is 2.22. The van der Waals surface area contributed by atoms with Crippen molar-refractivity contribution < 1.29 is 34.0 Å². The average molecular weight is 268 g/mol. The van der Waals surface area contributed by atoms with Gasteiger partial charge in [0.05, 0.1) is 0 Å². The van der Waals surface area contributed by atoms with Crippen LogP contribution in [0.4, 0.5) is 0 Å². The predicted octanol–water partition coefficient (Wildman–Crippen LogP) is 1.12. The number of rotatable bonds is 1. The van der Waals surface area contributed by atoms with Gasteiger partial charge in [-0.25, -0.2) is 0 Å². The Hall–Kier alpha value is 0.829. The summed E-state index contributed by atoms with van der Waals surface area (Å²) in [5, 5.41) is 0. The van der Waals surface area contributed by atoms with E-state index in [4.69, 9.17) is 0 Å². The Labute approximate surface area is 105 Å². The maximum atomic E-state index is 2.69. The molecule has 0 aromatic carbocycles. The fourth-order valence-corrected chi connectivity index (χ4v) is 3.86. The molecule has 0 aromatic heterocycles. The third kappa shape index (κ3) is 2.16. The summed E-state index contributed by atoms with van der Waals surface area (Å²) in [4.78, 5) is 6.89. The van der Waals surface area contributed by atoms with Gasteiger partial charge in [-0.15, -0.1) is 0 Å². The Morgan fingerprint density at radius 3 is 1.93 bits per heavy atom. The molecule has 1 aliphatic heterocycles. The molecule has 0 bridgehead atoms.